The van der Waals surface area contributed by atoms with Crippen LogP contribution in [0.1, 0.15) is 16.8 Å². The van der Waals surface area contributed by atoms with Gasteiger partial charge in [0.1, 0.15) is 5.75 Å². The summed E-state index contributed by atoms with van der Waals surface area (Å²) in [6.07, 6.45) is 5.33. The molecule has 1 aromatic carbocycles. The molecule has 0 bridgehead atoms. The molecule has 0 aliphatic carbocycles. The number of benzene rings is 1. The molecule has 0 aliphatic rings. The van der Waals surface area contributed by atoms with E-state index in [4.69, 9.17) is 10.5 Å². The van der Waals surface area contributed by atoms with Crippen LogP contribution in [0.2, 0.25) is 0 Å². The highest BCUT2D eigenvalue weighted by Crippen LogP contribution is 2.27. The minimum absolute atomic E-state index is 0.369. The zero-order chi connectivity index (χ0) is 17.6. The van der Waals surface area contributed by atoms with Crippen molar-refractivity contribution in [2.45, 2.75) is 17.7 Å². The van der Waals surface area contributed by atoms with Gasteiger partial charge in [-0.3, -0.25) is 0 Å². The number of nitrogen functional groups attached to an aromatic ring is 1. The first-order valence-electron chi connectivity index (χ1n) is 7.72. The molecule has 0 radical (unpaired) electrons. The number of rotatable bonds is 6. The van der Waals surface area contributed by atoms with Gasteiger partial charge in [-0.05, 0) is 42.8 Å². The number of hydrogen-bond acceptors (Lipinski definition) is 6. The third-order valence-electron chi connectivity index (χ3n) is 3.48. The molecule has 128 valence electrons. The van der Waals surface area contributed by atoms with Crippen LogP contribution in [0, 0.1) is 6.92 Å². The lowest BCUT2D eigenvalue weighted by atomic mass is 10.1. The van der Waals surface area contributed by atoms with E-state index in [1.54, 1.807) is 42.2 Å². The molecule has 7 heteroatoms. The number of anilines is 1. The van der Waals surface area contributed by atoms with E-state index in [0.29, 0.717) is 5.95 Å². The minimum Gasteiger partial charge on any atom is -0.496 e. The van der Waals surface area contributed by atoms with E-state index in [-0.39, 0.29) is 0 Å². The molecule has 2 heterocycles. The fraction of sp³-hybridized carbons (Fsp3) is 0.167. The molecule has 3 rings (SSSR count). The Morgan fingerprint density at radius 3 is 2.88 bits per heavy atom. The third-order valence-corrected chi connectivity index (χ3v) is 4.48. The van der Waals surface area contributed by atoms with Crippen molar-refractivity contribution in [3.63, 3.8) is 0 Å². The second-order valence-corrected chi connectivity index (χ2v) is 6.35. The summed E-state index contributed by atoms with van der Waals surface area (Å²) in [4.78, 5) is 8.46. The number of hydrogen-bond donors (Lipinski definition) is 1. The summed E-state index contributed by atoms with van der Waals surface area (Å²) in [6, 6.07) is 11.8. The Morgan fingerprint density at radius 1 is 1.32 bits per heavy atom. The lowest BCUT2D eigenvalue weighted by molar-refractivity contribution is 0.411. The van der Waals surface area contributed by atoms with E-state index in [1.807, 2.05) is 37.3 Å². The van der Waals surface area contributed by atoms with Crippen molar-refractivity contribution in [2.75, 3.05) is 12.8 Å². The van der Waals surface area contributed by atoms with Crippen LogP contribution in [0.3, 0.4) is 0 Å². The maximum absolute atomic E-state index is 5.80. The van der Waals surface area contributed by atoms with Gasteiger partial charge in [0.15, 0.2) is 0 Å². The van der Waals surface area contributed by atoms with E-state index in [9.17, 15) is 0 Å². The molecule has 0 saturated carbocycles. The number of nitrogens with zero attached hydrogens (tertiary/aromatic N) is 4. The predicted molar refractivity (Wildman–Crippen MR) is 101 cm³/mol. The van der Waals surface area contributed by atoms with E-state index >= 15 is 0 Å². The average Bonchev–Trinajstić information content (AvgIpc) is 2.96. The molecule has 0 atom stereocenters. The normalized spacial score (nSPS) is 11.1. The van der Waals surface area contributed by atoms with Gasteiger partial charge < -0.3 is 10.5 Å². The number of methoxy groups -OCH3 is 1. The fourth-order valence-electron chi connectivity index (χ4n) is 2.30. The van der Waals surface area contributed by atoms with Gasteiger partial charge in [-0.15, -0.1) is 11.8 Å². The second kappa shape index (κ2) is 7.85. The van der Waals surface area contributed by atoms with Crippen LogP contribution in [0.4, 0.5) is 5.95 Å². The van der Waals surface area contributed by atoms with Gasteiger partial charge in [0.25, 0.3) is 0 Å². The molecule has 0 spiro atoms. The van der Waals surface area contributed by atoms with Crippen LogP contribution in [-0.2, 0) is 5.75 Å². The molecular weight excluding hydrogens is 334 g/mol. The van der Waals surface area contributed by atoms with Crippen LogP contribution in [0.5, 0.6) is 5.75 Å². The third kappa shape index (κ3) is 4.39. The van der Waals surface area contributed by atoms with Gasteiger partial charge in [-0.2, -0.15) is 5.10 Å². The summed E-state index contributed by atoms with van der Waals surface area (Å²) < 4.78 is 7.02. The van der Waals surface area contributed by atoms with Gasteiger partial charge in [0, 0.05) is 17.5 Å². The summed E-state index contributed by atoms with van der Waals surface area (Å²) >= 11 is 1.66. The molecule has 25 heavy (non-hydrogen) atoms. The predicted octanol–water partition coefficient (Wildman–Crippen LogP) is 3.35. The lowest BCUT2D eigenvalue weighted by Crippen LogP contribution is -1.98. The SMILES string of the molecule is COc1ccc(C=Nn2cc(C)nc2N)cc1CSc1ccccn1. The molecule has 0 amide bonds. The highest BCUT2D eigenvalue weighted by Gasteiger charge is 2.06. The van der Waals surface area contributed by atoms with Gasteiger partial charge in [0.2, 0.25) is 5.95 Å². The first kappa shape index (κ1) is 17.0. The average molecular weight is 353 g/mol. The Balaban J connectivity index is 1.78. The fourth-order valence-corrected chi connectivity index (χ4v) is 3.14. The minimum atomic E-state index is 0.369. The highest BCUT2D eigenvalue weighted by molar-refractivity contribution is 7.98. The van der Waals surface area contributed by atoms with Gasteiger partial charge in [-0.1, -0.05) is 6.07 Å². The first-order chi connectivity index (χ1) is 12.2. The molecule has 6 nitrogen and oxygen atoms in total. The number of nitrogens with two attached hydrogens (primary N) is 1. The molecule has 0 unspecified atom stereocenters. The second-order valence-electron chi connectivity index (χ2n) is 5.36. The van der Waals surface area contributed by atoms with Crippen molar-refractivity contribution in [3.05, 3.63) is 65.6 Å². The molecule has 3 aromatic rings. The zero-order valence-corrected chi connectivity index (χ0v) is 14.9. The van der Waals surface area contributed by atoms with Crippen molar-refractivity contribution in [3.8, 4) is 5.75 Å². The van der Waals surface area contributed by atoms with Crippen LogP contribution < -0.4 is 10.5 Å². The van der Waals surface area contributed by atoms with E-state index in [2.05, 4.69) is 21.1 Å². The monoisotopic (exact) mass is 353 g/mol. The van der Waals surface area contributed by atoms with Crippen molar-refractivity contribution < 1.29 is 4.74 Å². The largest absolute Gasteiger partial charge is 0.496 e. The maximum atomic E-state index is 5.80. The Kier molecular flexibility index (Phi) is 5.35. The van der Waals surface area contributed by atoms with Crippen molar-refractivity contribution in [2.24, 2.45) is 5.10 Å². The van der Waals surface area contributed by atoms with Crippen LogP contribution in [0.15, 0.2) is 58.9 Å². The topological polar surface area (TPSA) is 78.3 Å². The Labute approximate surface area is 150 Å². The number of pyridine rings is 1. The Hall–Kier alpha value is -2.80. The van der Waals surface area contributed by atoms with Crippen molar-refractivity contribution in [1.29, 1.82) is 0 Å². The molecular formula is C18H19N5OS. The van der Waals surface area contributed by atoms with Crippen LogP contribution in [-0.4, -0.2) is 28.0 Å². The number of thioether (sulfide) groups is 1. The molecule has 2 N–H and O–H groups in total. The van der Waals surface area contributed by atoms with E-state index in [0.717, 1.165) is 33.3 Å². The molecule has 0 saturated heterocycles. The van der Waals surface area contributed by atoms with Gasteiger partial charge in [0.05, 0.1) is 30.2 Å². The lowest BCUT2D eigenvalue weighted by Gasteiger charge is -2.09. The van der Waals surface area contributed by atoms with Gasteiger partial charge in [-0.25, -0.2) is 14.6 Å². The van der Waals surface area contributed by atoms with Crippen molar-refractivity contribution in [1.82, 2.24) is 14.6 Å². The summed E-state index contributed by atoms with van der Waals surface area (Å²) in [5.41, 5.74) is 8.67. The van der Waals surface area contributed by atoms with Crippen molar-refractivity contribution >= 4 is 23.9 Å². The quantitative estimate of drug-likeness (QED) is 0.543. The maximum Gasteiger partial charge on any atom is 0.221 e. The number of imidazole rings is 1. The number of aryl methyl sites for hydroxylation is 1. The standard InChI is InChI=1S/C18H19N5OS/c1-13-11-23(18(19)22-13)21-10-14-6-7-16(24-2)15(9-14)12-25-17-5-3-4-8-20-17/h3-11H,12H2,1-2H3,(H2,19,22). The highest BCUT2D eigenvalue weighted by atomic mass is 32.2. The summed E-state index contributed by atoms with van der Waals surface area (Å²) in [6.45, 7) is 1.88. The smallest absolute Gasteiger partial charge is 0.221 e. The first-order valence-corrected chi connectivity index (χ1v) is 8.71. The van der Waals surface area contributed by atoms with Crippen LogP contribution in [0.25, 0.3) is 0 Å². The Bertz CT molecular complexity index is 876. The number of ether oxygens (including phenoxy) is 1. The Morgan fingerprint density at radius 2 is 2.20 bits per heavy atom. The summed E-state index contributed by atoms with van der Waals surface area (Å²) in [5.74, 6) is 1.97. The molecule has 0 aliphatic heterocycles. The van der Waals surface area contributed by atoms with E-state index < -0.39 is 0 Å². The van der Waals surface area contributed by atoms with Gasteiger partial charge >= 0.3 is 0 Å². The van der Waals surface area contributed by atoms with E-state index in [1.165, 1.54) is 0 Å². The molecule has 2 aromatic heterocycles. The zero-order valence-electron chi connectivity index (χ0n) is 14.1. The summed E-state index contributed by atoms with van der Waals surface area (Å²) in [5, 5.41) is 5.33. The molecule has 0 fully saturated rings. The number of aromatic nitrogens is 3. The van der Waals surface area contributed by atoms with Crippen LogP contribution >= 0.6 is 11.8 Å². The summed E-state index contributed by atoms with van der Waals surface area (Å²) in [7, 11) is 1.67.